The number of aryl methyl sites for hydroxylation is 1. The maximum Gasteiger partial charge on any atom is 0.317 e. The van der Waals surface area contributed by atoms with Gasteiger partial charge in [0.05, 0.1) is 0 Å². The fraction of sp³-hybridized carbons (Fsp3) is 0.750. The summed E-state index contributed by atoms with van der Waals surface area (Å²) in [4.78, 5) is 17.8. The number of nitrogens with zero attached hydrogens (tertiary/aromatic N) is 3. The van der Waals surface area contributed by atoms with Crippen molar-refractivity contribution in [3.8, 4) is 0 Å². The third kappa shape index (κ3) is 3.72. The topological polar surface area (TPSA) is 73.9 Å². The van der Waals surface area contributed by atoms with E-state index < -0.39 is 0 Å². The second-order valence-electron chi connectivity index (χ2n) is 4.94. The fourth-order valence-corrected chi connectivity index (χ4v) is 2.13. The van der Waals surface area contributed by atoms with Crippen molar-refractivity contribution in [3.05, 3.63) is 12.2 Å². The van der Waals surface area contributed by atoms with E-state index in [0.717, 1.165) is 50.5 Å². The lowest BCUT2D eigenvalue weighted by molar-refractivity contribution is 0.174. The largest absolute Gasteiger partial charge is 0.338 e. The highest BCUT2D eigenvalue weighted by atomic mass is 16.2. The molecule has 1 aromatic rings. The first-order valence-electron chi connectivity index (χ1n) is 6.62. The Balaban J connectivity index is 1.60. The van der Waals surface area contributed by atoms with E-state index in [1.807, 2.05) is 4.90 Å². The lowest BCUT2D eigenvalue weighted by Gasteiger charge is -2.30. The number of urea groups is 1. The quantitative estimate of drug-likeness (QED) is 0.789. The molecule has 0 saturated carbocycles. The Morgan fingerprint density at radius 1 is 1.56 bits per heavy atom. The van der Waals surface area contributed by atoms with Gasteiger partial charge in [-0.1, -0.05) is 6.92 Å². The second kappa shape index (κ2) is 6.37. The van der Waals surface area contributed by atoms with Crippen LogP contribution in [0.4, 0.5) is 4.79 Å². The highest BCUT2D eigenvalue weighted by Gasteiger charge is 2.19. The molecule has 2 amide bonds. The van der Waals surface area contributed by atoms with Crippen molar-refractivity contribution >= 4 is 6.03 Å². The molecule has 2 N–H and O–H groups in total. The molecule has 1 fully saturated rings. The summed E-state index contributed by atoms with van der Waals surface area (Å²) in [5.41, 5.74) is 0. The number of likely N-dealkylation sites (tertiary alicyclic amines) is 1. The molecule has 18 heavy (non-hydrogen) atoms. The number of hydrogen-bond acceptors (Lipinski definition) is 3. The maximum atomic E-state index is 11.8. The summed E-state index contributed by atoms with van der Waals surface area (Å²) >= 11 is 0. The molecular weight excluding hydrogens is 230 g/mol. The standard InChI is InChI=1S/C12H21N5O/c1-10-4-7-17(8-5-10)12(18)13-6-2-3-11-14-9-15-16-11/h9-10H,2-8H2,1H3,(H,13,18)(H,14,15,16). The van der Waals surface area contributed by atoms with Gasteiger partial charge in [0.25, 0.3) is 0 Å². The zero-order chi connectivity index (χ0) is 12.8. The van der Waals surface area contributed by atoms with E-state index in [1.54, 1.807) is 0 Å². The lowest BCUT2D eigenvalue weighted by atomic mass is 10.00. The van der Waals surface area contributed by atoms with E-state index in [9.17, 15) is 4.79 Å². The number of amides is 2. The molecular formula is C12H21N5O. The number of piperidine rings is 1. The van der Waals surface area contributed by atoms with Gasteiger partial charge in [0.15, 0.2) is 0 Å². The van der Waals surface area contributed by atoms with E-state index in [-0.39, 0.29) is 6.03 Å². The van der Waals surface area contributed by atoms with Crippen LogP contribution in [0.2, 0.25) is 0 Å². The lowest BCUT2D eigenvalue weighted by Crippen LogP contribution is -2.44. The number of H-pyrrole nitrogens is 1. The van der Waals surface area contributed by atoms with Gasteiger partial charge in [-0.2, -0.15) is 5.10 Å². The van der Waals surface area contributed by atoms with Gasteiger partial charge in [0, 0.05) is 26.1 Å². The molecule has 2 rings (SSSR count). The van der Waals surface area contributed by atoms with Gasteiger partial charge < -0.3 is 10.2 Å². The Morgan fingerprint density at radius 3 is 3.00 bits per heavy atom. The maximum absolute atomic E-state index is 11.8. The smallest absolute Gasteiger partial charge is 0.317 e. The molecule has 0 aromatic carbocycles. The minimum absolute atomic E-state index is 0.0690. The van der Waals surface area contributed by atoms with Crippen molar-refractivity contribution in [3.63, 3.8) is 0 Å². The predicted octanol–water partition coefficient (Wildman–Crippen LogP) is 1.18. The van der Waals surface area contributed by atoms with Gasteiger partial charge in [0.2, 0.25) is 0 Å². The van der Waals surface area contributed by atoms with Gasteiger partial charge in [-0.15, -0.1) is 0 Å². The molecule has 6 heteroatoms. The summed E-state index contributed by atoms with van der Waals surface area (Å²) in [6.45, 7) is 4.70. The van der Waals surface area contributed by atoms with Crippen molar-refractivity contribution in [1.82, 2.24) is 25.4 Å². The van der Waals surface area contributed by atoms with E-state index in [2.05, 4.69) is 27.4 Å². The molecule has 1 saturated heterocycles. The monoisotopic (exact) mass is 251 g/mol. The van der Waals surface area contributed by atoms with E-state index >= 15 is 0 Å². The SMILES string of the molecule is CC1CCN(C(=O)NCCCc2ncn[nH]2)CC1. The normalized spacial score (nSPS) is 16.8. The molecule has 0 radical (unpaired) electrons. The Labute approximate surface area is 107 Å². The van der Waals surface area contributed by atoms with Gasteiger partial charge in [-0.25, -0.2) is 9.78 Å². The molecule has 0 spiro atoms. The number of nitrogens with one attached hydrogen (secondary N) is 2. The van der Waals surface area contributed by atoms with Crippen LogP contribution < -0.4 is 5.32 Å². The summed E-state index contributed by atoms with van der Waals surface area (Å²) in [6.07, 6.45) is 5.43. The van der Waals surface area contributed by atoms with E-state index in [1.165, 1.54) is 6.33 Å². The third-order valence-electron chi connectivity index (χ3n) is 3.40. The van der Waals surface area contributed by atoms with Crippen LogP contribution in [0, 0.1) is 5.92 Å². The number of hydrogen-bond donors (Lipinski definition) is 2. The number of carbonyl (C=O) groups excluding carboxylic acids is 1. The number of aromatic nitrogens is 3. The van der Waals surface area contributed by atoms with Crippen LogP contribution in [0.25, 0.3) is 0 Å². The number of rotatable bonds is 4. The molecule has 0 bridgehead atoms. The zero-order valence-electron chi connectivity index (χ0n) is 10.9. The summed E-state index contributed by atoms with van der Waals surface area (Å²) in [6, 6.07) is 0.0690. The first kappa shape index (κ1) is 12.9. The third-order valence-corrected chi connectivity index (χ3v) is 3.40. The second-order valence-corrected chi connectivity index (χ2v) is 4.94. The molecule has 1 aliphatic heterocycles. The van der Waals surface area contributed by atoms with Crippen LogP contribution in [-0.2, 0) is 6.42 Å². The van der Waals surface area contributed by atoms with Crippen LogP contribution in [0.15, 0.2) is 6.33 Å². The van der Waals surface area contributed by atoms with E-state index in [0.29, 0.717) is 6.54 Å². The average Bonchev–Trinajstić information content (AvgIpc) is 2.88. The van der Waals surface area contributed by atoms with Crippen LogP contribution in [0.5, 0.6) is 0 Å². The van der Waals surface area contributed by atoms with Crippen molar-refractivity contribution in [1.29, 1.82) is 0 Å². The Morgan fingerprint density at radius 2 is 2.33 bits per heavy atom. The molecule has 0 unspecified atom stereocenters. The summed E-state index contributed by atoms with van der Waals surface area (Å²) in [5.74, 6) is 1.62. The fourth-order valence-electron chi connectivity index (χ4n) is 2.13. The molecule has 1 aliphatic rings. The highest BCUT2D eigenvalue weighted by Crippen LogP contribution is 2.15. The highest BCUT2D eigenvalue weighted by molar-refractivity contribution is 5.74. The molecule has 0 aliphatic carbocycles. The van der Waals surface area contributed by atoms with Gasteiger partial charge >= 0.3 is 6.03 Å². The van der Waals surface area contributed by atoms with Crippen molar-refractivity contribution in [2.75, 3.05) is 19.6 Å². The summed E-state index contributed by atoms with van der Waals surface area (Å²) < 4.78 is 0. The minimum Gasteiger partial charge on any atom is -0.338 e. The Kier molecular flexibility index (Phi) is 4.55. The minimum atomic E-state index is 0.0690. The molecule has 2 heterocycles. The number of aromatic amines is 1. The van der Waals surface area contributed by atoms with Crippen LogP contribution in [0.3, 0.4) is 0 Å². The molecule has 1 aromatic heterocycles. The van der Waals surface area contributed by atoms with Gasteiger partial charge in [0.1, 0.15) is 12.2 Å². The van der Waals surface area contributed by atoms with Crippen LogP contribution in [-0.4, -0.2) is 45.7 Å². The van der Waals surface area contributed by atoms with Gasteiger partial charge in [-0.3, -0.25) is 5.10 Å². The van der Waals surface area contributed by atoms with Crippen LogP contribution >= 0.6 is 0 Å². The first-order valence-corrected chi connectivity index (χ1v) is 6.62. The number of carbonyl (C=O) groups is 1. The Hall–Kier alpha value is -1.59. The van der Waals surface area contributed by atoms with Crippen LogP contribution in [0.1, 0.15) is 32.0 Å². The summed E-state index contributed by atoms with van der Waals surface area (Å²) in [5, 5.41) is 9.55. The van der Waals surface area contributed by atoms with Crippen molar-refractivity contribution < 1.29 is 4.79 Å². The molecule has 100 valence electrons. The first-order chi connectivity index (χ1) is 8.75. The van der Waals surface area contributed by atoms with Crippen molar-refractivity contribution in [2.24, 2.45) is 5.92 Å². The molecule has 6 nitrogen and oxygen atoms in total. The zero-order valence-corrected chi connectivity index (χ0v) is 10.9. The van der Waals surface area contributed by atoms with Gasteiger partial charge in [-0.05, 0) is 25.2 Å². The molecule has 0 atom stereocenters. The van der Waals surface area contributed by atoms with Crippen molar-refractivity contribution in [2.45, 2.75) is 32.6 Å². The summed E-state index contributed by atoms with van der Waals surface area (Å²) in [7, 11) is 0. The van der Waals surface area contributed by atoms with E-state index in [4.69, 9.17) is 0 Å². The Bertz CT molecular complexity index is 357. The predicted molar refractivity (Wildman–Crippen MR) is 68.1 cm³/mol. The average molecular weight is 251 g/mol.